The lowest BCUT2D eigenvalue weighted by molar-refractivity contribution is 0.323. The van der Waals surface area contributed by atoms with Crippen molar-refractivity contribution in [3.63, 3.8) is 0 Å². The number of methoxy groups -OCH3 is 2. The van der Waals surface area contributed by atoms with Crippen LogP contribution in [0, 0.1) is 0 Å². The van der Waals surface area contributed by atoms with Crippen molar-refractivity contribution in [3.05, 3.63) is 16.1 Å². The summed E-state index contributed by atoms with van der Waals surface area (Å²) >= 11 is 3.47. The molecule has 1 aromatic carbocycles. The summed E-state index contributed by atoms with van der Waals surface area (Å²) in [5.41, 5.74) is 6.65. The van der Waals surface area contributed by atoms with Crippen LogP contribution in [0.3, 0.4) is 0 Å². The highest BCUT2D eigenvalue weighted by Crippen LogP contribution is 2.50. The Labute approximate surface area is 115 Å². The quantitative estimate of drug-likeness (QED) is 0.900. The van der Waals surface area contributed by atoms with Crippen molar-refractivity contribution < 1.29 is 14.6 Å². The fourth-order valence-corrected chi connectivity index (χ4v) is 3.47. The molecular formula is C13H18BrNO3. The van der Waals surface area contributed by atoms with Crippen LogP contribution in [0.2, 0.25) is 0 Å². The van der Waals surface area contributed by atoms with Gasteiger partial charge >= 0.3 is 0 Å². The van der Waals surface area contributed by atoms with Crippen LogP contribution in [0.4, 0.5) is 0 Å². The summed E-state index contributed by atoms with van der Waals surface area (Å²) in [6.45, 7) is 0. The summed E-state index contributed by atoms with van der Waals surface area (Å²) in [7, 11) is 3.05. The zero-order valence-corrected chi connectivity index (χ0v) is 12.2. The third kappa shape index (κ3) is 2.06. The summed E-state index contributed by atoms with van der Waals surface area (Å²) in [6, 6.07) is 1.79. The van der Waals surface area contributed by atoms with Crippen LogP contribution in [0.25, 0.3) is 0 Å². The number of phenolic OH excluding ortho intramolecular Hbond substituents is 1. The molecule has 1 aliphatic rings. The first kappa shape index (κ1) is 13.5. The van der Waals surface area contributed by atoms with Gasteiger partial charge in [0.15, 0.2) is 11.5 Å². The number of ether oxygens (including phenoxy) is 2. The molecule has 2 rings (SSSR count). The molecule has 1 fully saturated rings. The summed E-state index contributed by atoms with van der Waals surface area (Å²) in [6.07, 6.45) is 3.90. The predicted octanol–water partition coefficient (Wildman–Crippen LogP) is 2.90. The van der Waals surface area contributed by atoms with Crippen LogP contribution in [-0.2, 0) is 5.54 Å². The third-order valence-electron chi connectivity index (χ3n) is 3.59. The Balaban J connectivity index is 2.60. The van der Waals surface area contributed by atoms with E-state index < -0.39 is 5.54 Å². The van der Waals surface area contributed by atoms with Crippen molar-refractivity contribution in [2.45, 2.75) is 31.2 Å². The van der Waals surface area contributed by atoms with Crippen LogP contribution < -0.4 is 15.2 Å². The van der Waals surface area contributed by atoms with Crippen LogP contribution >= 0.6 is 15.9 Å². The van der Waals surface area contributed by atoms with Gasteiger partial charge in [0.1, 0.15) is 0 Å². The first-order chi connectivity index (χ1) is 8.53. The van der Waals surface area contributed by atoms with Gasteiger partial charge in [-0.05, 0) is 18.9 Å². The first-order valence-electron chi connectivity index (χ1n) is 5.96. The van der Waals surface area contributed by atoms with E-state index in [1.54, 1.807) is 6.07 Å². The van der Waals surface area contributed by atoms with Crippen LogP contribution in [0.15, 0.2) is 10.5 Å². The minimum atomic E-state index is -0.484. The summed E-state index contributed by atoms with van der Waals surface area (Å²) in [4.78, 5) is 0. The Morgan fingerprint density at radius 2 is 1.89 bits per heavy atom. The maximum Gasteiger partial charge on any atom is 0.203 e. The fourth-order valence-electron chi connectivity index (χ4n) is 2.67. The highest BCUT2D eigenvalue weighted by Gasteiger charge is 2.37. The van der Waals surface area contributed by atoms with Gasteiger partial charge in [-0.3, -0.25) is 0 Å². The second kappa shape index (κ2) is 4.97. The predicted molar refractivity (Wildman–Crippen MR) is 73.2 cm³/mol. The van der Waals surface area contributed by atoms with E-state index in [2.05, 4.69) is 15.9 Å². The lowest BCUT2D eigenvalue weighted by Gasteiger charge is -2.27. The van der Waals surface area contributed by atoms with Crippen molar-refractivity contribution in [1.82, 2.24) is 0 Å². The van der Waals surface area contributed by atoms with Crippen molar-refractivity contribution in [2.24, 2.45) is 5.73 Å². The fraction of sp³-hybridized carbons (Fsp3) is 0.538. The summed E-state index contributed by atoms with van der Waals surface area (Å²) in [5, 5.41) is 10.4. The lowest BCUT2D eigenvalue weighted by Crippen LogP contribution is -2.33. The molecule has 18 heavy (non-hydrogen) atoms. The molecular weight excluding hydrogens is 298 g/mol. The number of nitrogens with two attached hydrogens (primary N) is 1. The van der Waals surface area contributed by atoms with E-state index in [4.69, 9.17) is 15.2 Å². The molecule has 0 amide bonds. The standard InChI is InChI=1S/C13H18BrNO3/c1-17-9-7-8(14)10(11(16)12(9)18-2)13(15)5-3-4-6-13/h7,16H,3-6,15H2,1-2H3. The molecule has 1 aromatic rings. The zero-order valence-electron chi connectivity index (χ0n) is 10.6. The Morgan fingerprint density at radius 1 is 1.28 bits per heavy atom. The van der Waals surface area contributed by atoms with E-state index >= 15 is 0 Å². The minimum Gasteiger partial charge on any atom is -0.504 e. The van der Waals surface area contributed by atoms with Gasteiger partial charge in [0, 0.05) is 15.6 Å². The van der Waals surface area contributed by atoms with E-state index in [0.29, 0.717) is 11.5 Å². The first-order valence-corrected chi connectivity index (χ1v) is 6.75. The molecule has 0 spiro atoms. The molecule has 5 heteroatoms. The van der Waals surface area contributed by atoms with Crippen molar-refractivity contribution in [3.8, 4) is 17.2 Å². The van der Waals surface area contributed by atoms with Gasteiger partial charge in [-0.15, -0.1) is 0 Å². The summed E-state index contributed by atoms with van der Waals surface area (Å²) < 4.78 is 11.2. The van der Waals surface area contributed by atoms with Gasteiger partial charge < -0.3 is 20.3 Å². The Hall–Kier alpha value is -0.940. The molecule has 100 valence electrons. The van der Waals surface area contributed by atoms with Crippen LogP contribution in [0.5, 0.6) is 17.2 Å². The molecule has 0 aliphatic heterocycles. The number of hydrogen-bond donors (Lipinski definition) is 2. The topological polar surface area (TPSA) is 64.7 Å². The highest BCUT2D eigenvalue weighted by atomic mass is 79.9. The molecule has 0 radical (unpaired) electrons. The molecule has 0 unspecified atom stereocenters. The number of rotatable bonds is 3. The third-order valence-corrected chi connectivity index (χ3v) is 4.22. The van der Waals surface area contributed by atoms with Gasteiger partial charge in [-0.1, -0.05) is 28.8 Å². The number of benzene rings is 1. The Morgan fingerprint density at radius 3 is 2.39 bits per heavy atom. The van der Waals surface area contributed by atoms with E-state index in [1.807, 2.05) is 0 Å². The zero-order chi connectivity index (χ0) is 13.3. The molecule has 1 aliphatic carbocycles. The minimum absolute atomic E-state index is 0.0770. The molecule has 0 saturated heterocycles. The van der Waals surface area contributed by atoms with Gasteiger partial charge in [0.2, 0.25) is 5.75 Å². The van der Waals surface area contributed by atoms with Gasteiger partial charge in [0.05, 0.1) is 14.2 Å². The molecule has 3 N–H and O–H groups in total. The van der Waals surface area contributed by atoms with E-state index in [1.165, 1.54) is 14.2 Å². The number of aromatic hydroxyl groups is 1. The lowest BCUT2D eigenvalue weighted by atomic mass is 9.88. The smallest absolute Gasteiger partial charge is 0.203 e. The van der Waals surface area contributed by atoms with E-state index in [0.717, 1.165) is 35.7 Å². The molecule has 0 atom stereocenters. The monoisotopic (exact) mass is 315 g/mol. The van der Waals surface area contributed by atoms with E-state index in [-0.39, 0.29) is 5.75 Å². The number of phenols is 1. The van der Waals surface area contributed by atoms with Crippen molar-refractivity contribution in [1.29, 1.82) is 0 Å². The normalized spacial score (nSPS) is 17.8. The molecule has 4 nitrogen and oxygen atoms in total. The Bertz CT molecular complexity index is 456. The molecule has 0 aromatic heterocycles. The van der Waals surface area contributed by atoms with Gasteiger partial charge in [0.25, 0.3) is 0 Å². The highest BCUT2D eigenvalue weighted by molar-refractivity contribution is 9.10. The number of hydrogen-bond acceptors (Lipinski definition) is 4. The second-order valence-corrected chi connectivity index (χ2v) is 5.54. The summed E-state index contributed by atoms with van der Waals surface area (Å²) in [5.74, 6) is 0.910. The van der Waals surface area contributed by atoms with Gasteiger partial charge in [-0.25, -0.2) is 0 Å². The molecule has 0 bridgehead atoms. The van der Waals surface area contributed by atoms with Crippen LogP contribution in [0.1, 0.15) is 31.2 Å². The van der Waals surface area contributed by atoms with Crippen molar-refractivity contribution in [2.75, 3.05) is 14.2 Å². The van der Waals surface area contributed by atoms with E-state index in [9.17, 15) is 5.11 Å². The van der Waals surface area contributed by atoms with Crippen LogP contribution in [-0.4, -0.2) is 19.3 Å². The number of halogens is 1. The largest absolute Gasteiger partial charge is 0.504 e. The molecule has 0 heterocycles. The average molecular weight is 316 g/mol. The maximum atomic E-state index is 10.4. The second-order valence-electron chi connectivity index (χ2n) is 4.68. The molecule has 1 saturated carbocycles. The van der Waals surface area contributed by atoms with Crippen molar-refractivity contribution >= 4 is 15.9 Å². The maximum absolute atomic E-state index is 10.4. The average Bonchev–Trinajstić information content (AvgIpc) is 2.76. The van der Waals surface area contributed by atoms with Gasteiger partial charge in [-0.2, -0.15) is 0 Å². The Kier molecular flexibility index (Phi) is 3.73. The SMILES string of the molecule is COc1cc(Br)c(C2(N)CCCC2)c(O)c1OC.